The van der Waals surface area contributed by atoms with E-state index in [0.717, 1.165) is 11.1 Å². The van der Waals surface area contributed by atoms with E-state index in [1.54, 1.807) is 28.4 Å². The zero-order chi connectivity index (χ0) is 21.5. The predicted octanol–water partition coefficient (Wildman–Crippen LogP) is 3.52. The van der Waals surface area contributed by atoms with Gasteiger partial charge in [0.15, 0.2) is 23.0 Å². The van der Waals surface area contributed by atoms with Gasteiger partial charge in [0.05, 0.1) is 53.9 Å². The molecule has 2 saturated heterocycles. The fraction of sp³-hybridized carbons (Fsp3) is 0.478. The number of hydrogen-bond acceptors (Lipinski definition) is 8. The average Bonchev–Trinajstić information content (AvgIpc) is 3.53. The lowest BCUT2D eigenvalue weighted by Crippen LogP contribution is -2.15. The van der Waals surface area contributed by atoms with E-state index >= 15 is 0 Å². The first-order chi connectivity index (χ1) is 15.2. The van der Waals surface area contributed by atoms with Gasteiger partial charge in [-0.15, -0.1) is 0 Å². The van der Waals surface area contributed by atoms with Gasteiger partial charge in [-0.1, -0.05) is 0 Å². The molecule has 2 fully saturated rings. The number of fused-ring (bicyclic) bond motifs is 2. The second-order valence-electron chi connectivity index (χ2n) is 7.75. The van der Waals surface area contributed by atoms with Crippen LogP contribution >= 0.6 is 0 Å². The number of hydrogen-bond donors (Lipinski definition) is 0. The van der Waals surface area contributed by atoms with E-state index in [4.69, 9.17) is 37.9 Å². The van der Waals surface area contributed by atoms with E-state index in [1.165, 1.54) is 0 Å². The van der Waals surface area contributed by atoms with Gasteiger partial charge < -0.3 is 37.9 Å². The average molecular weight is 430 g/mol. The van der Waals surface area contributed by atoms with Crippen LogP contribution in [0.3, 0.4) is 0 Å². The van der Waals surface area contributed by atoms with Crippen molar-refractivity contribution in [2.24, 2.45) is 11.8 Å². The number of rotatable bonds is 6. The zero-order valence-corrected chi connectivity index (χ0v) is 18.0. The summed E-state index contributed by atoms with van der Waals surface area (Å²) in [7, 11) is 6.44. The van der Waals surface area contributed by atoms with Gasteiger partial charge in [0.1, 0.15) is 0 Å². The van der Waals surface area contributed by atoms with Crippen LogP contribution in [0.2, 0.25) is 0 Å². The lowest BCUT2D eigenvalue weighted by molar-refractivity contribution is 0.0190. The van der Waals surface area contributed by atoms with Gasteiger partial charge in [-0.3, -0.25) is 0 Å². The maximum absolute atomic E-state index is 6.26. The maximum Gasteiger partial charge on any atom is 0.231 e. The van der Waals surface area contributed by atoms with E-state index in [-0.39, 0.29) is 30.8 Å². The normalized spacial score (nSPS) is 25.9. The highest BCUT2D eigenvalue weighted by atomic mass is 16.7. The highest BCUT2D eigenvalue weighted by Crippen LogP contribution is 2.54. The molecule has 0 N–H and O–H groups in total. The Hall–Kier alpha value is -2.84. The molecule has 0 radical (unpaired) electrons. The summed E-state index contributed by atoms with van der Waals surface area (Å²) in [6.45, 7) is 1.37. The standard InChI is InChI=1S/C23H26O8/c1-24-16-5-12(6-17(25-2)22(16)27-4)20-14-9-29-21(15(14)10-28-20)13-7-18(26-3)23-19(8-13)30-11-31-23/h5-8,14-15,20-21H,9-11H2,1-4H3/t14-,15-,20+,21?/m0/s1. The van der Waals surface area contributed by atoms with Crippen molar-refractivity contribution in [2.45, 2.75) is 12.2 Å². The Labute approximate surface area is 180 Å². The van der Waals surface area contributed by atoms with Gasteiger partial charge in [0, 0.05) is 11.8 Å². The summed E-state index contributed by atoms with van der Waals surface area (Å²) in [6, 6.07) is 7.84. The van der Waals surface area contributed by atoms with Crippen molar-refractivity contribution in [1.29, 1.82) is 0 Å². The second kappa shape index (κ2) is 8.01. The molecule has 3 aliphatic heterocycles. The molecular weight excluding hydrogens is 404 g/mol. The summed E-state index contributed by atoms with van der Waals surface area (Å²) >= 11 is 0. The molecule has 5 rings (SSSR count). The largest absolute Gasteiger partial charge is 0.493 e. The molecule has 0 amide bonds. The molecule has 8 heteroatoms. The van der Waals surface area contributed by atoms with Gasteiger partial charge in [-0.05, 0) is 35.4 Å². The fourth-order valence-corrected chi connectivity index (χ4v) is 4.81. The maximum atomic E-state index is 6.26. The summed E-state index contributed by atoms with van der Waals surface area (Å²) in [4.78, 5) is 0. The van der Waals surface area contributed by atoms with Crippen molar-refractivity contribution < 1.29 is 37.9 Å². The van der Waals surface area contributed by atoms with Crippen molar-refractivity contribution in [3.05, 3.63) is 35.4 Å². The van der Waals surface area contributed by atoms with Crippen LogP contribution in [0.4, 0.5) is 0 Å². The monoisotopic (exact) mass is 430 g/mol. The van der Waals surface area contributed by atoms with Gasteiger partial charge in [-0.25, -0.2) is 0 Å². The molecule has 0 bridgehead atoms. The molecule has 0 aromatic heterocycles. The van der Waals surface area contributed by atoms with E-state index < -0.39 is 0 Å². The summed E-state index contributed by atoms with van der Waals surface area (Å²) < 4.78 is 45.6. The van der Waals surface area contributed by atoms with Crippen molar-refractivity contribution in [3.63, 3.8) is 0 Å². The molecule has 31 heavy (non-hydrogen) atoms. The Morgan fingerprint density at radius 2 is 1.23 bits per heavy atom. The first-order valence-corrected chi connectivity index (χ1v) is 10.2. The number of methoxy groups -OCH3 is 4. The molecule has 2 aromatic carbocycles. The Balaban J connectivity index is 1.44. The molecule has 0 saturated carbocycles. The highest BCUT2D eigenvalue weighted by molar-refractivity contribution is 5.56. The van der Waals surface area contributed by atoms with Crippen LogP contribution in [0.15, 0.2) is 24.3 Å². The topological polar surface area (TPSA) is 73.8 Å². The third-order valence-electron chi connectivity index (χ3n) is 6.29. The third kappa shape index (κ3) is 3.21. The molecule has 8 nitrogen and oxygen atoms in total. The van der Waals surface area contributed by atoms with Crippen LogP contribution in [0.25, 0.3) is 0 Å². The molecule has 3 aliphatic rings. The molecule has 166 valence electrons. The Morgan fingerprint density at radius 1 is 0.677 bits per heavy atom. The van der Waals surface area contributed by atoms with Crippen LogP contribution in [0, 0.1) is 11.8 Å². The van der Waals surface area contributed by atoms with Crippen LogP contribution < -0.4 is 28.4 Å². The smallest absolute Gasteiger partial charge is 0.231 e. The van der Waals surface area contributed by atoms with Crippen LogP contribution in [-0.4, -0.2) is 48.4 Å². The highest BCUT2D eigenvalue weighted by Gasteiger charge is 2.48. The molecular formula is C23H26O8. The summed E-state index contributed by atoms with van der Waals surface area (Å²) in [6.07, 6.45) is -0.236. The molecule has 4 atom stereocenters. The third-order valence-corrected chi connectivity index (χ3v) is 6.29. The van der Waals surface area contributed by atoms with Crippen molar-refractivity contribution in [3.8, 4) is 34.5 Å². The van der Waals surface area contributed by atoms with Crippen LogP contribution in [0.5, 0.6) is 34.5 Å². The van der Waals surface area contributed by atoms with Crippen LogP contribution in [0.1, 0.15) is 23.3 Å². The molecule has 0 aliphatic carbocycles. The Kier molecular flexibility index (Phi) is 5.19. The molecule has 2 aromatic rings. The molecule has 3 heterocycles. The second-order valence-corrected chi connectivity index (χ2v) is 7.75. The number of ether oxygens (including phenoxy) is 8. The van der Waals surface area contributed by atoms with Gasteiger partial charge in [-0.2, -0.15) is 0 Å². The Bertz CT molecular complexity index is 949. The zero-order valence-electron chi connectivity index (χ0n) is 18.0. The summed E-state index contributed by atoms with van der Waals surface area (Å²) in [5, 5.41) is 0. The van der Waals surface area contributed by atoms with Gasteiger partial charge in [0.25, 0.3) is 0 Å². The van der Waals surface area contributed by atoms with Gasteiger partial charge >= 0.3 is 0 Å². The molecule has 1 unspecified atom stereocenters. The molecule has 0 spiro atoms. The summed E-state index contributed by atoms with van der Waals surface area (Å²) in [5.74, 6) is 4.16. The van der Waals surface area contributed by atoms with E-state index in [2.05, 4.69) is 0 Å². The SMILES string of the molecule is COc1cc([C@H]2OC[C@@H]3C(c4cc(OC)c5c(c4)OCO5)OC[C@H]23)cc(OC)c1OC. The predicted molar refractivity (Wildman–Crippen MR) is 110 cm³/mol. The summed E-state index contributed by atoms with van der Waals surface area (Å²) in [5.41, 5.74) is 1.98. The van der Waals surface area contributed by atoms with Crippen molar-refractivity contribution >= 4 is 0 Å². The first-order valence-electron chi connectivity index (χ1n) is 10.2. The van der Waals surface area contributed by atoms with Crippen molar-refractivity contribution in [2.75, 3.05) is 48.4 Å². The quantitative estimate of drug-likeness (QED) is 0.689. The minimum Gasteiger partial charge on any atom is -0.493 e. The lowest BCUT2D eigenvalue weighted by atomic mass is 9.84. The van der Waals surface area contributed by atoms with Gasteiger partial charge in [0.2, 0.25) is 18.3 Å². The fourth-order valence-electron chi connectivity index (χ4n) is 4.81. The Morgan fingerprint density at radius 3 is 1.77 bits per heavy atom. The van der Waals surface area contributed by atoms with Crippen molar-refractivity contribution in [1.82, 2.24) is 0 Å². The first kappa shape index (κ1) is 20.1. The van der Waals surface area contributed by atoms with E-state index in [9.17, 15) is 0 Å². The number of benzene rings is 2. The lowest BCUT2D eigenvalue weighted by Gasteiger charge is -2.20. The van der Waals surface area contributed by atoms with E-state index in [0.29, 0.717) is 47.7 Å². The van der Waals surface area contributed by atoms with E-state index in [1.807, 2.05) is 24.3 Å². The minimum absolute atomic E-state index is 0.111. The van der Waals surface area contributed by atoms with Crippen LogP contribution in [-0.2, 0) is 9.47 Å². The minimum atomic E-state index is -0.125.